The van der Waals surface area contributed by atoms with Crippen LogP contribution in [-0.2, 0) is 5.60 Å². The fraction of sp³-hybridized carbons (Fsp3) is 0.312. The van der Waals surface area contributed by atoms with Crippen molar-refractivity contribution in [3.05, 3.63) is 66.0 Å². The molecular formula is C16H20N2O. The first-order chi connectivity index (χ1) is 9.09. The summed E-state index contributed by atoms with van der Waals surface area (Å²) in [5, 5.41) is 13.9. The van der Waals surface area contributed by atoms with Crippen molar-refractivity contribution in [3.8, 4) is 0 Å². The lowest BCUT2D eigenvalue weighted by molar-refractivity contribution is 0.0543. The van der Waals surface area contributed by atoms with E-state index in [-0.39, 0.29) is 6.04 Å². The smallest absolute Gasteiger partial charge is 0.0992 e. The molecule has 1 heterocycles. The van der Waals surface area contributed by atoms with E-state index in [9.17, 15) is 5.11 Å². The average molecular weight is 256 g/mol. The van der Waals surface area contributed by atoms with Crippen LogP contribution in [0.3, 0.4) is 0 Å². The van der Waals surface area contributed by atoms with E-state index in [1.807, 2.05) is 55.6 Å². The zero-order chi connectivity index (χ0) is 13.7. The van der Waals surface area contributed by atoms with E-state index in [2.05, 4.69) is 17.2 Å². The monoisotopic (exact) mass is 256 g/mol. The Morgan fingerprint density at radius 1 is 1.21 bits per heavy atom. The van der Waals surface area contributed by atoms with E-state index >= 15 is 0 Å². The molecule has 3 heteroatoms. The molecule has 0 spiro atoms. The van der Waals surface area contributed by atoms with Crippen LogP contribution in [0.4, 0.5) is 0 Å². The molecule has 0 bridgehead atoms. The summed E-state index contributed by atoms with van der Waals surface area (Å²) in [7, 11) is 0. The molecule has 0 aliphatic carbocycles. The number of aromatic nitrogens is 1. The van der Waals surface area contributed by atoms with Crippen LogP contribution in [0.1, 0.15) is 31.0 Å². The molecule has 100 valence electrons. The molecule has 0 amide bonds. The summed E-state index contributed by atoms with van der Waals surface area (Å²) >= 11 is 0. The second-order valence-corrected chi connectivity index (χ2v) is 5.03. The molecule has 2 atom stereocenters. The summed E-state index contributed by atoms with van der Waals surface area (Å²) < 4.78 is 0. The van der Waals surface area contributed by atoms with Crippen LogP contribution < -0.4 is 5.32 Å². The second kappa shape index (κ2) is 5.95. The number of rotatable bonds is 5. The fourth-order valence-electron chi connectivity index (χ4n) is 2.00. The molecule has 2 aromatic rings. The molecule has 0 aliphatic heterocycles. The number of aliphatic hydroxyl groups is 1. The van der Waals surface area contributed by atoms with Crippen molar-refractivity contribution >= 4 is 0 Å². The van der Waals surface area contributed by atoms with Gasteiger partial charge in [-0.1, -0.05) is 36.4 Å². The Hall–Kier alpha value is -1.71. The third-order valence-electron chi connectivity index (χ3n) is 3.33. The third kappa shape index (κ3) is 3.63. The van der Waals surface area contributed by atoms with Crippen molar-refractivity contribution < 1.29 is 5.11 Å². The average Bonchev–Trinajstić information content (AvgIpc) is 2.47. The Kier molecular flexibility index (Phi) is 4.30. The van der Waals surface area contributed by atoms with E-state index < -0.39 is 5.60 Å². The lowest BCUT2D eigenvalue weighted by atomic mass is 9.95. The quantitative estimate of drug-likeness (QED) is 0.864. The SMILES string of the molecule is C[C@H](NCC(C)(O)c1ccccc1)c1cccnc1. The molecule has 19 heavy (non-hydrogen) atoms. The van der Waals surface area contributed by atoms with E-state index in [1.165, 1.54) is 0 Å². The van der Waals surface area contributed by atoms with Gasteiger partial charge in [-0.05, 0) is 31.0 Å². The van der Waals surface area contributed by atoms with Gasteiger partial charge in [-0.15, -0.1) is 0 Å². The lowest BCUT2D eigenvalue weighted by Gasteiger charge is -2.26. The van der Waals surface area contributed by atoms with Crippen LogP contribution in [0.15, 0.2) is 54.9 Å². The van der Waals surface area contributed by atoms with E-state index in [0.29, 0.717) is 6.54 Å². The van der Waals surface area contributed by atoms with Crippen molar-refractivity contribution in [1.82, 2.24) is 10.3 Å². The molecule has 1 aromatic carbocycles. The van der Waals surface area contributed by atoms with Gasteiger partial charge in [-0.3, -0.25) is 4.98 Å². The zero-order valence-corrected chi connectivity index (χ0v) is 11.4. The minimum absolute atomic E-state index is 0.156. The highest BCUT2D eigenvalue weighted by Crippen LogP contribution is 2.20. The number of nitrogens with one attached hydrogen (secondary N) is 1. The topological polar surface area (TPSA) is 45.1 Å². The van der Waals surface area contributed by atoms with Crippen molar-refractivity contribution in [2.24, 2.45) is 0 Å². The minimum atomic E-state index is -0.877. The van der Waals surface area contributed by atoms with Gasteiger partial charge < -0.3 is 10.4 Å². The first-order valence-electron chi connectivity index (χ1n) is 6.51. The maximum atomic E-state index is 10.5. The minimum Gasteiger partial charge on any atom is -0.384 e. The van der Waals surface area contributed by atoms with Crippen LogP contribution in [0.25, 0.3) is 0 Å². The van der Waals surface area contributed by atoms with Gasteiger partial charge in [0, 0.05) is 25.0 Å². The number of nitrogens with zero attached hydrogens (tertiary/aromatic N) is 1. The van der Waals surface area contributed by atoms with Crippen LogP contribution in [-0.4, -0.2) is 16.6 Å². The highest BCUT2D eigenvalue weighted by Gasteiger charge is 2.23. The van der Waals surface area contributed by atoms with E-state index in [1.54, 1.807) is 6.20 Å². The largest absolute Gasteiger partial charge is 0.384 e. The number of hydrogen-bond acceptors (Lipinski definition) is 3. The van der Waals surface area contributed by atoms with Crippen molar-refractivity contribution in [2.75, 3.05) is 6.54 Å². The Morgan fingerprint density at radius 2 is 1.95 bits per heavy atom. The van der Waals surface area contributed by atoms with Gasteiger partial charge in [-0.25, -0.2) is 0 Å². The van der Waals surface area contributed by atoms with Gasteiger partial charge in [-0.2, -0.15) is 0 Å². The third-order valence-corrected chi connectivity index (χ3v) is 3.33. The molecule has 0 fully saturated rings. The van der Waals surface area contributed by atoms with Crippen LogP contribution in [0, 0.1) is 0 Å². The first kappa shape index (κ1) is 13.7. The van der Waals surface area contributed by atoms with Gasteiger partial charge in [0.05, 0.1) is 5.60 Å². The normalized spacial score (nSPS) is 15.7. The maximum Gasteiger partial charge on any atom is 0.0992 e. The van der Waals surface area contributed by atoms with Crippen LogP contribution in [0.2, 0.25) is 0 Å². The molecule has 0 aliphatic rings. The first-order valence-corrected chi connectivity index (χ1v) is 6.51. The lowest BCUT2D eigenvalue weighted by Crippen LogP contribution is -2.36. The molecule has 2 rings (SSSR count). The van der Waals surface area contributed by atoms with Crippen LogP contribution >= 0.6 is 0 Å². The Labute approximate surface area is 114 Å². The summed E-state index contributed by atoms with van der Waals surface area (Å²) in [6.07, 6.45) is 3.60. The molecule has 0 radical (unpaired) electrons. The van der Waals surface area contributed by atoms with Gasteiger partial charge >= 0.3 is 0 Å². The summed E-state index contributed by atoms with van der Waals surface area (Å²) in [6.45, 7) is 4.39. The Balaban J connectivity index is 1.99. The summed E-state index contributed by atoms with van der Waals surface area (Å²) in [5.74, 6) is 0. The molecule has 1 unspecified atom stereocenters. The fourth-order valence-corrected chi connectivity index (χ4v) is 2.00. The van der Waals surface area contributed by atoms with Gasteiger partial charge in [0.15, 0.2) is 0 Å². The highest BCUT2D eigenvalue weighted by atomic mass is 16.3. The molecular weight excluding hydrogens is 236 g/mol. The molecule has 2 N–H and O–H groups in total. The van der Waals surface area contributed by atoms with Crippen molar-refractivity contribution in [3.63, 3.8) is 0 Å². The Morgan fingerprint density at radius 3 is 2.58 bits per heavy atom. The van der Waals surface area contributed by atoms with Crippen molar-refractivity contribution in [2.45, 2.75) is 25.5 Å². The summed E-state index contributed by atoms with van der Waals surface area (Å²) in [6, 6.07) is 13.8. The molecule has 0 saturated carbocycles. The summed E-state index contributed by atoms with van der Waals surface area (Å²) in [5.41, 5.74) is 1.16. The molecule has 0 saturated heterocycles. The van der Waals surface area contributed by atoms with Gasteiger partial charge in [0.25, 0.3) is 0 Å². The van der Waals surface area contributed by atoms with Crippen LogP contribution in [0.5, 0.6) is 0 Å². The Bertz CT molecular complexity index is 497. The number of pyridine rings is 1. The van der Waals surface area contributed by atoms with Crippen molar-refractivity contribution in [1.29, 1.82) is 0 Å². The highest BCUT2D eigenvalue weighted by molar-refractivity contribution is 5.22. The predicted octanol–water partition coefficient (Wildman–Crippen LogP) is 2.64. The predicted molar refractivity (Wildman–Crippen MR) is 76.7 cm³/mol. The van der Waals surface area contributed by atoms with Gasteiger partial charge in [0.2, 0.25) is 0 Å². The van der Waals surface area contributed by atoms with E-state index in [4.69, 9.17) is 0 Å². The van der Waals surface area contributed by atoms with Gasteiger partial charge in [0.1, 0.15) is 0 Å². The molecule has 1 aromatic heterocycles. The molecule has 3 nitrogen and oxygen atoms in total. The second-order valence-electron chi connectivity index (χ2n) is 5.03. The number of benzene rings is 1. The number of hydrogen-bond donors (Lipinski definition) is 2. The zero-order valence-electron chi connectivity index (χ0n) is 11.4. The van der Waals surface area contributed by atoms with E-state index in [0.717, 1.165) is 11.1 Å². The maximum absolute atomic E-state index is 10.5. The standard InChI is InChI=1S/C16H20N2O/c1-13(14-7-6-10-17-11-14)18-12-16(2,19)15-8-4-3-5-9-15/h3-11,13,18-19H,12H2,1-2H3/t13-,16?/m0/s1. The summed E-state index contributed by atoms with van der Waals surface area (Å²) in [4.78, 5) is 4.11.